The number of benzene rings is 1. The van der Waals surface area contributed by atoms with Gasteiger partial charge in [-0.05, 0) is 62.4 Å². The van der Waals surface area contributed by atoms with Gasteiger partial charge in [0.15, 0.2) is 5.78 Å². The molecule has 0 fully saturated rings. The van der Waals surface area contributed by atoms with Gasteiger partial charge in [-0.25, -0.2) is 4.79 Å². The molecule has 0 spiro atoms. The van der Waals surface area contributed by atoms with Crippen molar-refractivity contribution in [2.24, 2.45) is 5.73 Å². The number of Topliss-reactive ketones (excluding diaryl/α,β-unsaturated/α-hetero) is 1. The molecule has 1 aliphatic carbocycles. The first-order valence-electron chi connectivity index (χ1n) is 8.09. The maximum atomic E-state index is 12.3. The topological polar surface area (TPSA) is 101 Å². The Morgan fingerprint density at radius 1 is 1.04 bits per heavy atom. The molecule has 0 atom stereocenters. The minimum Gasteiger partial charge on any atom is -0.365 e. The van der Waals surface area contributed by atoms with Crippen LogP contribution in [0.1, 0.15) is 50.9 Å². The van der Waals surface area contributed by atoms with Crippen molar-refractivity contribution >= 4 is 39.7 Å². The lowest BCUT2D eigenvalue weighted by atomic mass is 9.95. The van der Waals surface area contributed by atoms with E-state index in [0.29, 0.717) is 21.8 Å². The van der Waals surface area contributed by atoms with Crippen molar-refractivity contribution in [1.29, 1.82) is 0 Å². The smallest absolute Gasteiger partial charge is 0.324 e. The van der Waals surface area contributed by atoms with E-state index < -0.39 is 11.9 Å². The number of primary amides is 1. The summed E-state index contributed by atoms with van der Waals surface area (Å²) < 4.78 is 0. The second kappa shape index (κ2) is 7.06. The van der Waals surface area contributed by atoms with E-state index >= 15 is 0 Å². The van der Waals surface area contributed by atoms with Gasteiger partial charge in [0.2, 0.25) is 0 Å². The lowest BCUT2D eigenvalue weighted by Crippen LogP contribution is -2.22. The van der Waals surface area contributed by atoms with E-state index in [1.807, 2.05) is 0 Å². The number of carbonyl (C=O) groups excluding carboxylic acids is 3. The van der Waals surface area contributed by atoms with Crippen LogP contribution in [0.4, 0.5) is 15.5 Å². The van der Waals surface area contributed by atoms with Gasteiger partial charge in [-0.15, -0.1) is 11.3 Å². The number of fused-ring (bicyclic) bond motifs is 1. The van der Waals surface area contributed by atoms with E-state index in [4.69, 9.17) is 5.73 Å². The number of carbonyl (C=O) groups is 3. The Bertz CT molecular complexity index is 840. The summed E-state index contributed by atoms with van der Waals surface area (Å²) in [7, 11) is 0. The van der Waals surface area contributed by atoms with Gasteiger partial charge in [0.25, 0.3) is 5.91 Å². The number of nitrogens with two attached hydrogens (primary N) is 1. The van der Waals surface area contributed by atoms with Crippen molar-refractivity contribution in [1.82, 2.24) is 0 Å². The summed E-state index contributed by atoms with van der Waals surface area (Å²) in [4.78, 5) is 36.5. The van der Waals surface area contributed by atoms with E-state index in [0.717, 1.165) is 36.1 Å². The van der Waals surface area contributed by atoms with Crippen LogP contribution >= 0.6 is 11.3 Å². The van der Waals surface area contributed by atoms with Crippen LogP contribution in [0.15, 0.2) is 24.3 Å². The van der Waals surface area contributed by atoms with Crippen LogP contribution in [0.3, 0.4) is 0 Å². The molecule has 4 N–H and O–H groups in total. The molecule has 0 saturated heterocycles. The fourth-order valence-electron chi connectivity index (χ4n) is 2.97. The van der Waals surface area contributed by atoms with Crippen LogP contribution in [-0.4, -0.2) is 17.7 Å². The number of ketones is 1. The Kier molecular flexibility index (Phi) is 4.85. The molecule has 0 aliphatic heterocycles. The second-order valence-corrected chi connectivity index (χ2v) is 7.10. The third-order valence-electron chi connectivity index (χ3n) is 4.19. The first-order valence-corrected chi connectivity index (χ1v) is 8.90. The first kappa shape index (κ1) is 17.2. The zero-order valence-corrected chi connectivity index (χ0v) is 14.7. The summed E-state index contributed by atoms with van der Waals surface area (Å²) >= 11 is 1.42. The summed E-state index contributed by atoms with van der Waals surface area (Å²) in [6.07, 6.45) is 3.84. The normalized spacial score (nSPS) is 13.0. The van der Waals surface area contributed by atoms with E-state index in [1.54, 1.807) is 24.3 Å². The summed E-state index contributed by atoms with van der Waals surface area (Å²) in [5.74, 6) is -0.549. The Hall–Kier alpha value is -2.67. The number of anilines is 2. The minimum absolute atomic E-state index is 0.0359. The summed E-state index contributed by atoms with van der Waals surface area (Å²) in [5.41, 5.74) is 8.07. The predicted octanol–water partition coefficient (Wildman–Crippen LogP) is 3.57. The highest BCUT2D eigenvalue weighted by Crippen LogP contribution is 2.37. The highest BCUT2D eigenvalue weighted by Gasteiger charge is 2.24. The van der Waals surface area contributed by atoms with Crippen LogP contribution in [-0.2, 0) is 12.8 Å². The Labute approximate surface area is 149 Å². The lowest BCUT2D eigenvalue weighted by Gasteiger charge is -2.11. The molecule has 7 heteroatoms. The van der Waals surface area contributed by atoms with Crippen molar-refractivity contribution in [3.05, 3.63) is 45.8 Å². The molecule has 1 heterocycles. The molecule has 6 nitrogen and oxygen atoms in total. The lowest BCUT2D eigenvalue weighted by molar-refractivity contribution is 0.0996. The van der Waals surface area contributed by atoms with Crippen molar-refractivity contribution in [3.8, 4) is 0 Å². The third kappa shape index (κ3) is 3.71. The van der Waals surface area contributed by atoms with Crippen LogP contribution in [0.25, 0.3) is 0 Å². The van der Waals surface area contributed by atoms with Gasteiger partial charge in [0, 0.05) is 16.1 Å². The Balaban J connectivity index is 1.75. The average molecular weight is 357 g/mol. The van der Waals surface area contributed by atoms with Gasteiger partial charge in [-0.2, -0.15) is 0 Å². The molecule has 1 aromatic heterocycles. The average Bonchev–Trinajstić information content (AvgIpc) is 2.92. The molecular weight excluding hydrogens is 338 g/mol. The molecule has 130 valence electrons. The van der Waals surface area contributed by atoms with Gasteiger partial charge in [0.1, 0.15) is 5.00 Å². The maximum Gasteiger partial charge on any atom is 0.324 e. The van der Waals surface area contributed by atoms with Crippen molar-refractivity contribution < 1.29 is 14.4 Å². The van der Waals surface area contributed by atoms with Gasteiger partial charge in [0.05, 0.1) is 5.56 Å². The fraction of sp³-hybridized carbons (Fsp3) is 0.278. The van der Waals surface area contributed by atoms with Crippen molar-refractivity contribution in [2.75, 3.05) is 10.6 Å². The van der Waals surface area contributed by atoms with Gasteiger partial charge in [-0.1, -0.05) is 0 Å². The molecule has 1 aromatic carbocycles. The van der Waals surface area contributed by atoms with E-state index in [-0.39, 0.29) is 5.78 Å². The molecule has 1 aliphatic rings. The molecular formula is C18H19N3O3S. The molecule has 0 radical (unpaired) electrons. The standard InChI is InChI=1S/C18H19N3O3S/c1-10(22)11-6-8-12(9-7-11)20-18(24)21-17-15(16(19)23)13-4-2-3-5-14(13)25-17/h6-9H,2-5H2,1H3,(H2,19,23)(H2,20,21,24). The largest absolute Gasteiger partial charge is 0.365 e. The molecule has 2 aromatic rings. The molecule has 3 amide bonds. The zero-order chi connectivity index (χ0) is 18.0. The van der Waals surface area contributed by atoms with Crippen LogP contribution < -0.4 is 16.4 Å². The second-order valence-electron chi connectivity index (χ2n) is 5.99. The number of amides is 3. The number of nitrogens with one attached hydrogen (secondary N) is 2. The molecule has 3 rings (SSSR count). The highest BCUT2D eigenvalue weighted by atomic mass is 32.1. The maximum absolute atomic E-state index is 12.3. The summed E-state index contributed by atoms with van der Waals surface area (Å²) in [6.45, 7) is 1.49. The van der Waals surface area contributed by atoms with Gasteiger partial charge < -0.3 is 11.1 Å². The monoisotopic (exact) mass is 357 g/mol. The van der Waals surface area contributed by atoms with Crippen molar-refractivity contribution in [2.45, 2.75) is 32.6 Å². The van der Waals surface area contributed by atoms with Crippen molar-refractivity contribution in [3.63, 3.8) is 0 Å². The number of hydrogen-bond donors (Lipinski definition) is 3. The quantitative estimate of drug-likeness (QED) is 0.729. The number of aryl methyl sites for hydroxylation is 1. The third-order valence-corrected chi connectivity index (χ3v) is 5.40. The number of rotatable bonds is 4. The number of hydrogen-bond acceptors (Lipinski definition) is 4. The summed E-state index contributed by atoms with van der Waals surface area (Å²) in [6, 6.07) is 6.17. The van der Waals surface area contributed by atoms with Crippen LogP contribution in [0.2, 0.25) is 0 Å². The van der Waals surface area contributed by atoms with E-state index in [1.165, 1.54) is 18.3 Å². The molecule has 25 heavy (non-hydrogen) atoms. The summed E-state index contributed by atoms with van der Waals surface area (Å²) in [5, 5.41) is 5.93. The van der Waals surface area contributed by atoms with E-state index in [9.17, 15) is 14.4 Å². The highest BCUT2D eigenvalue weighted by molar-refractivity contribution is 7.17. The Morgan fingerprint density at radius 2 is 1.72 bits per heavy atom. The van der Waals surface area contributed by atoms with Gasteiger partial charge >= 0.3 is 6.03 Å². The SMILES string of the molecule is CC(=O)c1ccc(NC(=O)Nc2sc3c(c2C(N)=O)CCCC3)cc1. The van der Waals surface area contributed by atoms with Crippen LogP contribution in [0, 0.1) is 0 Å². The zero-order valence-electron chi connectivity index (χ0n) is 13.8. The number of thiophene rings is 1. The Morgan fingerprint density at radius 3 is 2.36 bits per heavy atom. The minimum atomic E-state index is -0.513. The van der Waals surface area contributed by atoms with Crippen LogP contribution in [0.5, 0.6) is 0 Å². The molecule has 0 saturated carbocycles. The first-order chi connectivity index (χ1) is 12.0. The molecule has 0 unspecified atom stereocenters. The fourth-order valence-corrected chi connectivity index (χ4v) is 4.26. The number of urea groups is 1. The predicted molar refractivity (Wildman–Crippen MR) is 98.6 cm³/mol. The van der Waals surface area contributed by atoms with E-state index in [2.05, 4.69) is 10.6 Å². The molecule has 0 bridgehead atoms. The van der Waals surface area contributed by atoms with Gasteiger partial charge in [-0.3, -0.25) is 14.9 Å².